The second-order valence-corrected chi connectivity index (χ2v) is 10.3. The maximum atomic E-state index is 11.5. The highest BCUT2D eigenvalue weighted by atomic mass is 35.5. The number of nitrogens with zero attached hydrogens (tertiary/aromatic N) is 2. The lowest BCUT2D eigenvalue weighted by atomic mass is 10.3. The molecule has 0 saturated heterocycles. The van der Waals surface area contributed by atoms with Crippen LogP contribution in [0, 0.1) is 0 Å². The molecule has 0 bridgehead atoms. The Hall–Kier alpha value is 0.0669. The Labute approximate surface area is 166 Å². The zero-order valence-electron chi connectivity index (χ0n) is 16.9. The number of halogens is 2. The molecule has 154 valence electrons. The van der Waals surface area contributed by atoms with Crippen LogP contribution in [0.4, 0.5) is 0 Å². The van der Waals surface area contributed by atoms with Gasteiger partial charge in [-0.2, -0.15) is 0 Å². The van der Waals surface area contributed by atoms with E-state index >= 15 is 0 Å². The molecule has 7 nitrogen and oxygen atoms in total. The first-order valence-corrected chi connectivity index (χ1v) is 9.85. The van der Waals surface area contributed by atoms with E-state index in [2.05, 4.69) is 28.2 Å². The molecular weight excluding hydrogens is 387 g/mol. The minimum absolute atomic E-state index is 0. The summed E-state index contributed by atoms with van der Waals surface area (Å²) in [5.41, 5.74) is 0. The maximum Gasteiger partial charge on any atom is 0.500 e. The van der Waals surface area contributed by atoms with Crippen LogP contribution in [0.1, 0.15) is 6.42 Å². The standard InChI is InChI=1S/C15H36N2O5Si.2ClH/c1-16(2,10-9-13-23(20-6,21-7)22-8)11-12-17(3,4)14-15(18)19-5;;/h9-14H2,1-8H3;2*1H/q+2;;/p-2. The summed E-state index contributed by atoms with van der Waals surface area (Å²) < 4.78 is 22.6. The Balaban J connectivity index is -0.00000242. The van der Waals surface area contributed by atoms with E-state index in [4.69, 9.17) is 18.0 Å². The molecule has 0 radical (unpaired) electrons. The fourth-order valence-electron chi connectivity index (χ4n) is 2.43. The fraction of sp³-hybridized carbons (Fsp3) is 0.933. The first-order valence-electron chi connectivity index (χ1n) is 7.91. The van der Waals surface area contributed by atoms with E-state index in [-0.39, 0.29) is 30.8 Å². The number of likely N-dealkylation sites (N-methyl/N-ethyl adjacent to an activating group) is 2. The molecule has 0 aliphatic carbocycles. The highest BCUT2D eigenvalue weighted by Gasteiger charge is 2.38. The summed E-state index contributed by atoms with van der Waals surface area (Å²) in [6.07, 6.45) is 0.971. The van der Waals surface area contributed by atoms with Crippen LogP contribution >= 0.6 is 0 Å². The second-order valence-electron chi connectivity index (χ2n) is 7.18. The van der Waals surface area contributed by atoms with Crippen molar-refractivity contribution in [1.82, 2.24) is 0 Å². The molecule has 0 amide bonds. The van der Waals surface area contributed by atoms with E-state index in [0.29, 0.717) is 11.0 Å². The molecule has 10 heteroatoms. The first-order chi connectivity index (χ1) is 10.6. The predicted molar refractivity (Wildman–Crippen MR) is 91.9 cm³/mol. The molecular formula is C15H36Cl2N2O5Si. The van der Waals surface area contributed by atoms with Crippen LogP contribution in [0.2, 0.25) is 6.04 Å². The average Bonchev–Trinajstić information content (AvgIpc) is 2.50. The largest absolute Gasteiger partial charge is 1.00 e. The fourth-order valence-corrected chi connectivity index (χ4v) is 4.13. The molecule has 0 aliphatic rings. The number of methoxy groups -OCH3 is 1. The van der Waals surface area contributed by atoms with Crippen molar-refractivity contribution in [3.05, 3.63) is 0 Å². The zero-order valence-corrected chi connectivity index (χ0v) is 19.4. The van der Waals surface area contributed by atoms with Crippen molar-refractivity contribution >= 4 is 14.8 Å². The van der Waals surface area contributed by atoms with E-state index in [1.54, 1.807) is 21.3 Å². The topological polar surface area (TPSA) is 54.0 Å². The van der Waals surface area contributed by atoms with Gasteiger partial charge in [-0.15, -0.1) is 0 Å². The molecule has 0 fully saturated rings. The molecule has 0 spiro atoms. The van der Waals surface area contributed by atoms with Gasteiger partial charge in [-0.1, -0.05) is 0 Å². The normalized spacial score (nSPS) is 12.2. The molecule has 25 heavy (non-hydrogen) atoms. The molecule has 0 aromatic carbocycles. The third-order valence-electron chi connectivity index (χ3n) is 4.27. The van der Waals surface area contributed by atoms with Gasteiger partial charge in [0.1, 0.15) is 13.1 Å². The SMILES string of the molecule is COC(=O)C[N+](C)(C)CC[N+](C)(C)CCC[Si](OC)(OC)OC.[Cl-].[Cl-]. The second kappa shape index (κ2) is 13.3. The number of rotatable bonds is 12. The van der Waals surface area contributed by atoms with Gasteiger partial charge >= 0.3 is 14.8 Å². The molecule has 0 N–H and O–H groups in total. The number of quaternary nitrogens is 2. The summed E-state index contributed by atoms with van der Waals surface area (Å²) in [6.45, 7) is 3.28. The molecule has 0 aromatic rings. The van der Waals surface area contributed by atoms with Crippen LogP contribution in [0.25, 0.3) is 0 Å². The van der Waals surface area contributed by atoms with Crippen molar-refractivity contribution in [3.63, 3.8) is 0 Å². The molecule has 0 unspecified atom stereocenters. The summed E-state index contributed by atoms with van der Waals surface area (Å²) in [7, 11) is 12.4. The minimum Gasteiger partial charge on any atom is -1.00 e. The quantitative estimate of drug-likeness (QED) is 0.178. The van der Waals surface area contributed by atoms with Gasteiger partial charge in [0.05, 0.1) is 41.8 Å². The Morgan fingerprint density at radius 1 is 0.800 bits per heavy atom. The summed E-state index contributed by atoms with van der Waals surface area (Å²) in [5, 5.41) is 0. The van der Waals surface area contributed by atoms with Gasteiger partial charge in [-0.05, 0) is 0 Å². The summed E-state index contributed by atoms with van der Waals surface area (Å²) >= 11 is 0. The lowest BCUT2D eigenvalue weighted by Crippen LogP contribution is -3.00. The smallest absolute Gasteiger partial charge is 0.500 e. The van der Waals surface area contributed by atoms with Crippen LogP contribution in [0.3, 0.4) is 0 Å². The van der Waals surface area contributed by atoms with Crippen molar-refractivity contribution < 1.29 is 56.6 Å². The van der Waals surface area contributed by atoms with Crippen LogP contribution < -0.4 is 24.8 Å². The van der Waals surface area contributed by atoms with Crippen molar-refractivity contribution in [2.24, 2.45) is 0 Å². The maximum absolute atomic E-state index is 11.5. The van der Waals surface area contributed by atoms with Crippen molar-refractivity contribution in [1.29, 1.82) is 0 Å². The van der Waals surface area contributed by atoms with Gasteiger partial charge in [-0.3, -0.25) is 0 Å². The van der Waals surface area contributed by atoms with E-state index in [1.807, 2.05) is 0 Å². The van der Waals surface area contributed by atoms with Crippen LogP contribution in [-0.2, 0) is 22.8 Å². The minimum atomic E-state index is -2.48. The molecule has 0 aromatic heterocycles. The molecule has 0 rings (SSSR count). The molecule has 0 heterocycles. The number of ether oxygens (including phenoxy) is 1. The van der Waals surface area contributed by atoms with Gasteiger partial charge < -0.3 is 51.8 Å². The van der Waals surface area contributed by atoms with Gasteiger partial charge in [0.15, 0.2) is 6.54 Å². The van der Waals surface area contributed by atoms with Gasteiger partial charge in [0.2, 0.25) is 0 Å². The average molecular weight is 423 g/mol. The summed E-state index contributed by atoms with van der Waals surface area (Å²) in [5.74, 6) is -0.170. The highest BCUT2D eigenvalue weighted by molar-refractivity contribution is 6.60. The van der Waals surface area contributed by atoms with Crippen LogP contribution in [0.5, 0.6) is 0 Å². The third kappa shape index (κ3) is 12.1. The van der Waals surface area contributed by atoms with E-state index < -0.39 is 8.80 Å². The van der Waals surface area contributed by atoms with Crippen LogP contribution in [0.15, 0.2) is 0 Å². The highest BCUT2D eigenvalue weighted by Crippen LogP contribution is 2.16. The Morgan fingerprint density at radius 3 is 1.64 bits per heavy atom. The number of hydrogen-bond acceptors (Lipinski definition) is 5. The molecule has 0 atom stereocenters. The Kier molecular flexibility index (Phi) is 15.8. The number of carbonyl (C=O) groups excluding carboxylic acids is 1. The van der Waals surface area contributed by atoms with Gasteiger partial charge in [-0.25, -0.2) is 4.79 Å². The third-order valence-corrected chi connectivity index (χ3v) is 7.11. The molecule has 0 aliphatic heterocycles. The van der Waals surface area contributed by atoms with Crippen molar-refractivity contribution in [2.75, 3.05) is 82.8 Å². The Bertz CT molecular complexity index is 362. The monoisotopic (exact) mass is 422 g/mol. The first kappa shape index (κ1) is 29.8. The number of carbonyl (C=O) groups is 1. The Morgan fingerprint density at radius 2 is 1.24 bits per heavy atom. The predicted octanol–water partition coefficient (Wildman–Crippen LogP) is -5.41. The van der Waals surface area contributed by atoms with E-state index in [9.17, 15) is 4.79 Å². The van der Waals surface area contributed by atoms with E-state index in [0.717, 1.165) is 36.6 Å². The van der Waals surface area contributed by atoms with Crippen molar-refractivity contribution in [2.45, 2.75) is 12.5 Å². The van der Waals surface area contributed by atoms with E-state index in [1.165, 1.54) is 7.11 Å². The number of hydrogen-bond donors (Lipinski definition) is 0. The zero-order chi connectivity index (χ0) is 18.1. The molecule has 0 saturated carbocycles. The lowest BCUT2D eigenvalue weighted by molar-refractivity contribution is -0.942. The lowest BCUT2D eigenvalue weighted by Gasteiger charge is -2.35. The summed E-state index contributed by atoms with van der Waals surface area (Å²) in [4.78, 5) is 11.5. The van der Waals surface area contributed by atoms with Crippen molar-refractivity contribution in [3.8, 4) is 0 Å². The van der Waals surface area contributed by atoms with Gasteiger partial charge in [0, 0.05) is 33.8 Å². The summed E-state index contributed by atoms with van der Waals surface area (Å²) in [6, 6.07) is 0.804. The van der Waals surface area contributed by atoms with Crippen LogP contribution in [-0.4, -0.2) is 107 Å². The number of esters is 1. The van der Waals surface area contributed by atoms with Gasteiger partial charge in [0.25, 0.3) is 0 Å².